The van der Waals surface area contributed by atoms with Crippen LogP contribution in [0.2, 0.25) is 0 Å². The molecule has 0 spiro atoms. The predicted molar refractivity (Wildman–Crippen MR) is 59.5 cm³/mol. The maximum Gasteiger partial charge on any atom is 0.170 e. The highest BCUT2D eigenvalue weighted by Crippen LogP contribution is 2.26. The number of rotatable bonds is 6. The van der Waals surface area contributed by atoms with Crippen LogP contribution < -0.4 is 5.73 Å². The number of aliphatic hydroxyl groups is 1. The fourth-order valence-electron chi connectivity index (χ4n) is 1.12. The van der Waals surface area contributed by atoms with Crippen LogP contribution in [0, 0.1) is 0 Å². The van der Waals surface area contributed by atoms with Crippen molar-refractivity contribution in [1.82, 2.24) is 9.36 Å². The van der Waals surface area contributed by atoms with Crippen molar-refractivity contribution in [1.29, 1.82) is 0 Å². The molecule has 0 saturated heterocycles. The fraction of sp³-hybridized carbons (Fsp3) is 0.750. The van der Waals surface area contributed by atoms with Crippen LogP contribution >= 0.6 is 23.3 Å². The Morgan fingerprint density at radius 1 is 1.71 bits per heavy atom. The fourth-order valence-corrected chi connectivity index (χ4v) is 2.83. The highest BCUT2D eigenvalue weighted by Gasteiger charge is 2.18. The summed E-state index contributed by atoms with van der Waals surface area (Å²) >= 11 is 2.85. The second-order valence-electron chi connectivity index (χ2n) is 3.00. The van der Waals surface area contributed by atoms with Gasteiger partial charge in [0.2, 0.25) is 0 Å². The molecule has 80 valence electrons. The van der Waals surface area contributed by atoms with E-state index < -0.39 is 0 Å². The van der Waals surface area contributed by atoms with Crippen molar-refractivity contribution in [3.8, 4) is 0 Å². The third-order valence-electron chi connectivity index (χ3n) is 1.87. The highest BCUT2D eigenvalue weighted by atomic mass is 32.2. The summed E-state index contributed by atoms with van der Waals surface area (Å²) in [6.45, 7) is 2.18. The number of hydrogen-bond donors (Lipinski definition) is 2. The van der Waals surface area contributed by atoms with E-state index in [9.17, 15) is 5.11 Å². The molecule has 1 aromatic rings. The zero-order valence-corrected chi connectivity index (χ0v) is 9.72. The number of hydrogen-bond acceptors (Lipinski definition) is 6. The SMILES string of the molecule is CCCC(N)C(CO)Sc1ncns1. The molecule has 14 heavy (non-hydrogen) atoms. The molecule has 2 atom stereocenters. The summed E-state index contributed by atoms with van der Waals surface area (Å²) in [7, 11) is 0. The third kappa shape index (κ3) is 3.53. The van der Waals surface area contributed by atoms with Gasteiger partial charge in [-0.05, 0) is 18.0 Å². The van der Waals surface area contributed by atoms with Crippen molar-refractivity contribution < 1.29 is 5.11 Å². The molecule has 1 rings (SSSR count). The molecule has 0 bridgehead atoms. The standard InChI is InChI=1S/C8H15N3OS2/c1-2-3-6(9)7(4-12)13-8-10-5-11-14-8/h5-7,12H,2-4,9H2,1H3. The van der Waals surface area contributed by atoms with Gasteiger partial charge in [0.05, 0.1) is 11.9 Å². The van der Waals surface area contributed by atoms with E-state index in [1.807, 2.05) is 0 Å². The number of thioether (sulfide) groups is 1. The first kappa shape index (κ1) is 11.9. The predicted octanol–water partition coefficient (Wildman–Crippen LogP) is 1.12. The summed E-state index contributed by atoms with van der Waals surface area (Å²) in [5, 5.41) is 9.21. The normalized spacial score (nSPS) is 15.4. The molecule has 1 heterocycles. The molecule has 3 N–H and O–H groups in total. The third-order valence-corrected chi connectivity index (χ3v) is 3.95. The van der Waals surface area contributed by atoms with E-state index in [1.54, 1.807) is 0 Å². The first-order valence-electron chi connectivity index (χ1n) is 4.57. The van der Waals surface area contributed by atoms with Crippen LogP contribution in [0.5, 0.6) is 0 Å². The zero-order valence-electron chi connectivity index (χ0n) is 8.09. The van der Waals surface area contributed by atoms with Crippen LogP contribution in [-0.2, 0) is 0 Å². The van der Waals surface area contributed by atoms with Crippen LogP contribution in [0.3, 0.4) is 0 Å². The summed E-state index contributed by atoms with van der Waals surface area (Å²) < 4.78 is 4.77. The molecule has 6 heteroatoms. The Bertz CT molecular complexity index is 243. The van der Waals surface area contributed by atoms with Crippen LogP contribution in [0.1, 0.15) is 19.8 Å². The van der Waals surface area contributed by atoms with Gasteiger partial charge in [0.25, 0.3) is 0 Å². The quantitative estimate of drug-likeness (QED) is 0.720. The minimum absolute atomic E-state index is 0.0268. The first-order valence-corrected chi connectivity index (χ1v) is 6.23. The lowest BCUT2D eigenvalue weighted by Crippen LogP contribution is -2.34. The van der Waals surface area contributed by atoms with Crippen LogP contribution in [0.4, 0.5) is 0 Å². The van der Waals surface area contributed by atoms with E-state index in [1.165, 1.54) is 29.6 Å². The lowest BCUT2D eigenvalue weighted by Gasteiger charge is -2.19. The van der Waals surface area contributed by atoms with Crippen molar-refractivity contribution in [2.24, 2.45) is 5.73 Å². The van der Waals surface area contributed by atoms with Gasteiger partial charge in [-0.3, -0.25) is 0 Å². The van der Waals surface area contributed by atoms with Gasteiger partial charge in [-0.1, -0.05) is 25.1 Å². The van der Waals surface area contributed by atoms with Gasteiger partial charge in [-0.15, -0.1) is 0 Å². The molecule has 0 saturated carbocycles. The van der Waals surface area contributed by atoms with Gasteiger partial charge in [-0.2, -0.15) is 4.37 Å². The molecule has 1 aromatic heterocycles. The van der Waals surface area contributed by atoms with Gasteiger partial charge >= 0.3 is 0 Å². The van der Waals surface area contributed by atoms with Crippen molar-refractivity contribution in [2.45, 2.75) is 35.4 Å². The molecule has 0 aliphatic heterocycles. The largest absolute Gasteiger partial charge is 0.395 e. The van der Waals surface area contributed by atoms with E-state index in [-0.39, 0.29) is 17.9 Å². The van der Waals surface area contributed by atoms with E-state index in [0.717, 1.165) is 17.2 Å². The summed E-state index contributed by atoms with van der Waals surface area (Å²) in [5.74, 6) is 0. The maximum absolute atomic E-state index is 9.18. The minimum Gasteiger partial charge on any atom is -0.395 e. The molecular formula is C8H15N3OS2. The summed E-state index contributed by atoms with van der Waals surface area (Å²) in [6, 6.07) is 0.0268. The Hall–Kier alpha value is -0.170. The Kier molecular flexibility index (Phi) is 5.39. The van der Waals surface area contributed by atoms with E-state index in [4.69, 9.17) is 5.73 Å². The topological polar surface area (TPSA) is 72.0 Å². The zero-order chi connectivity index (χ0) is 10.4. The molecule has 0 fully saturated rings. The molecule has 0 aromatic carbocycles. The van der Waals surface area contributed by atoms with Crippen molar-refractivity contribution in [3.63, 3.8) is 0 Å². The van der Waals surface area contributed by atoms with Crippen LogP contribution in [-0.4, -0.2) is 32.4 Å². The van der Waals surface area contributed by atoms with Gasteiger partial charge in [0.15, 0.2) is 4.34 Å². The summed E-state index contributed by atoms with van der Waals surface area (Å²) in [5.41, 5.74) is 5.93. The molecule has 0 amide bonds. The van der Waals surface area contributed by atoms with Crippen LogP contribution in [0.15, 0.2) is 10.7 Å². The second-order valence-corrected chi connectivity index (χ2v) is 5.26. The van der Waals surface area contributed by atoms with Crippen LogP contribution in [0.25, 0.3) is 0 Å². The van der Waals surface area contributed by atoms with Gasteiger partial charge in [0, 0.05) is 6.04 Å². The lowest BCUT2D eigenvalue weighted by atomic mass is 10.1. The van der Waals surface area contributed by atoms with E-state index in [0.29, 0.717) is 0 Å². The Morgan fingerprint density at radius 3 is 3.00 bits per heavy atom. The molecule has 0 radical (unpaired) electrons. The van der Waals surface area contributed by atoms with Gasteiger partial charge in [0.1, 0.15) is 6.33 Å². The maximum atomic E-state index is 9.18. The number of nitrogens with two attached hydrogens (primary N) is 1. The Labute approximate surface area is 92.1 Å². The van der Waals surface area contributed by atoms with Gasteiger partial charge in [-0.25, -0.2) is 4.98 Å². The first-order chi connectivity index (χ1) is 6.77. The lowest BCUT2D eigenvalue weighted by molar-refractivity contribution is 0.279. The Balaban J connectivity index is 2.46. The molecule has 0 aliphatic carbocycles. The van der Waals surface area contributed by atoms with Crippen molar-refractivity contribution >= 4 is 23.3 Å². The molecule has 2 unspecified atom stereocenters. The molecule has 4 nitrogen and oxygen atoms in total. The number of nitrogens with zero attached hydrogens (tertiary/aromatic N) is 2. The second kappa shape index (κ2) is 6.34. The monoisotopic (exact) mass is 233 g/mol. The average molecular weight is 233 g/mol. The highest BCUT2D eigenvalue weighted by molar-refractivity contribution is 8.01. The van der Waals surface area contributed by atoms with E-state index >= 15 is 0 Å². The summed E-state index contributed by atoms with van der Waals surface area (Å²) in [4.78, 5) is 4.05. The minimum atomic E-state index is 0.0268. The Morgan fingerprint density at radius 2 is 2.50 bits per heavy atom. The number of aromatic nitrogens is 2. The smallest absolute Gasteiger partial charge is 0.170 e. The average Bonchev–Trinajstić information content (AvgIpc) is 2.66. The van der Waals surface area contributed by atoms with Crippen molar-refractivity contribution in [3.05, 3.63) is 6.33 Å². The molecular weight excluding hydrogens is 218 g/mol. The number of aliphatic hydroxyl groups excluding tert-OH is 1. The van der Waals surface area contributed by atoms with Gasteiger partial charge < -0.3 is 10.8 Å². The van der Waals surface area contributed by atoms with Crippen molar-refractivity contribution in [2.75, 3.05) is 6.61 Å². The van der Waals surface area contributed by atoms with E-state index in [2.05, 4.69) is 16.3 Å². The summed E-state index contributed by atoms with van der Waals surface area (Å²) in [6.07, 6.45) is 3.48. The molecule has 0 aliphatic rings.